The van der Waals surface area contributed by atoms with E-state index in [0.717, 1.165) is 12.0 Å². The summed E-state index contributed by atoms with van der Waals surface area (Å²) in [6.45, 7) is 4.92. The van der Waals surface area contributed by atoms with Crippen molar-refractivity contribution in [2.75, 3.05) is 6.61 Å². The van der Waals surface area contributed by atoms with Crippen LogP contribution in [0.3, 0.4) is 0 Å². The molecule has 0 bridgehead atoms. The molecule has 0 atom stereocenters. The average molecular weight is 335 g/mol. The summed E-state index contributed by atoms with van der Waals surface area (Å²) < 4.78 is 0. The Kier molecular flexibility index (Phi) is 5.20. The standard InChI is InChI=1S/C22H26OSi/c1-24(2,21-11-7-4-8-12-21)22(20-13-14-20)16-19(17-23)15-18-9-5-3-6-10-18/h3-12,20,23H,13-15,17H2,1-2H3. The van der Waals surface area contributed by atoms with Crippen LogP contribution in [0.2, 0.25) is 13.1 Å². The first-order valence-corrected chi connectivity index (χ1v) is 11.8. The number of aliphatic hydroxyl groups excluding tert-OH is 1. The van der Waals surface area contributed by atoms with Crippen LogP contribution in [0.4, 0.5) is 0 Å². The monoisotopic (exact) mass is 334 g/mol. The maximum atomic E-state index is 9.88. The maximum Gasteiger partial charge on any atom is 0.117 e. The molecule has 1 N–H and O–H groups in total. The summed E-state index contributed by atoms with van der Waals surface area (Å²) in [5, 5.41) is 12.8. The molecule has 24 heavy (non-hydrogen) atoms. The van der Waals surface area contributed by atoms with E-state index >= 15 is 0 Å². The first-order valence-electron chi connectivity index (χ1n) is 8.80. The van der Waals surface area contributed by atoms with E-state index in [1.165, 1.54) is 28.8 Å². The Morgan fingerprint density at radius 2 is 1.58 bits per heavy atom. The van der Waals surface area contributed by atoms with E-state index in [4.69, 9.17) is 0 Å². The molecule has 1 nitrogen and oxygen atoms in total. The van der Waals surface area contributed by atoms with Crippen LogP contribution in [-0.4, -0.2) is 19.8 Å². The van der Waals surface area contributed by atoms with Gasteiger partial charge in [0.05, 0.1) is 6.61 Å². The number of hydrogen-bond donors (Lipinski definition) is 1. The van der Waals surface area contributed by atoms with E-state index in [1.807, 2.05) is 6.07 Å². The number of rotatable bonds is 6. The summed E-state index contributed by atoms with van der Waals surface area (Å²) >= 11 is 0. The van der Waals surface area contributed by atoms with Gasteiger partial charge in [0.25, 0.3) is 0 Å². The number of aliphatic hydroxyl groups is 1. The van der Waals surface area contributed by atoms with Crippen molar-refractivity contribution in [1.82, 2.24) is 0 Å². The van der Waals surface area contributed by atoms with Crippen LogP contribution in [-0.2, 0) is 6.42 Å². The van der Waals surface area contributed by atoms with Crippen LogP contribution >= 0.6 is 0 Å². The molecule has 0 aromatic heterocycles. The number of benzene rings is 2. The first-order chi connectivity index (χ1) is 11.6. The second kappa shape index (κ2) is 7.35. The molecule has 2 heteroatoms. The zero-order valence-corrected chi connectivity index (χ0v) is 15.6. The van der Waals surface area contributed by atoms with Gasteiger partial charge in [0, 0.05) is 12.0 Å². The normalized spacial score (nSPS) is 14.1. The zero-order chi connectivity index (χ0) is 17.0. The third-order valence-electron chi connectivity index (χ3n) is 4.92. The summed E-state index contributed by atoms with van der Waals surface area (Å²) in [4.78, 5) is 0. The van der Waals surface area contributed by atoms with Gasteiger partial charge in [-0.1, -0.05) is 78.9 Å². The van der Waals surface area contributed by atoms with Crippen molar-refractivity contribution in [3.63, 3.8) is 0 Å². The van der Waals surface area contributed by atoms with Crippen molar-refractivity contribution < 1.29 is 5.11 Å². The maximum absolute atomic E-state index is 9.88. The van der Waals surface area contributed by atoms with Crippen LogP contribution in [0.25, 0.3) is 0 Å². The molecule has 0 spiro atoms. The third kappa shape index (κ3) is 3.96. The highest BCUT2D eigenvalue weighted by atomic mass is 28.3. The molecule has 0 unspecified atom stereocenters. The molecule has 2 aromatic carbocycles. The van der Waals surface area contributed by atoms with Gasteiger partial charge < -0.3 is 5.11 Å². The Balaban J connectivity index is 2.00. The van der Waals surface area contributed by atoms with Crippen LogP contribution in [0, 0.1) is 5.92 Å². The molecule has 0 amide bonds. The Bertz CT molecular complexity index is 736. The third-order valence-corrected chi connectivity index (χ3v) is 8.57. The SMILES string of the molecule is C[Si](C)(C(=C=C(CO)Cc1ccccc1)C1CC1)c1ccccc1. The summed E-state index contributed by atoms with van der Waals surface area (Å²) in [6.07, 6.45) is 3.33. The average Bonchev–Trinajstić information content (AvgIpc) is 3.45. The summed E-state index contributed by atoms with van der Waals surface area (Å²) in [5.41, 5.74) is 5.95. The molecule has 2 aromatic rings. The lowest BCUT2D eigenvalue weighted by molar-refractivity contribution is 0.328. The van der Waals surface area contributed by atoms with Gasteiger partial charge in [-0.15, -0.1) is 5.73 Å². The van der Waals surface area contributed by atoms with Crippen molar-refractivity contribution in [1.29, 1.82) is 0 Å². The molecule has 124 valence electrons. The van der Waals surface area contributed by atoms with Crippen molar-refractivity contribution in [3.8, 4) is 0 Å². The minimum atomic E-state index is -1.73. The molecule has 1 aliphatic carbocycles. The largest absolute Gasteiger partial charge is 0.391 e. The van der Waals surface area contributed by atoms with Crippen LogP contribution in [0.15, 0.2) is 77.2 Å². The Morgan fingerprint density at radius 1 is 1.00 bits per heavy atom. The smallest absolute Gasteiger partial charge is 0.117 e. The van der Waals surface area contributed by atoms with E-state index < -0.39 is 8.07 Å². The van der Waals surface area contributed by atoms with Gasteiger partial charge in [-0.05, 0) is 29.5 Å². The van der Waals surface area contributed by atoms with Crippen LogP contribution in [0.5, 0.6) is 0 Å². The van der Waals surface area contributed by atoms with Crippen molar-refractivity contribution in [2.45, 2.75) is 32.4 Å². The van der Waals surface area contributed by atoms with Crippen LogP contribution in [0.1, 0.15) is 18.4 Å². The topological polar surface area (TPSA) is 20.2 Å². The molecular weight excluding hydrogens is 308 g/mol. The Morgan fingerprint density at radius 3 is 2.12 bits per heavy atom. The van der Waals surface area contributed by atoms with Gasteiger partial charge in [-0.3, -0.25) is 0 Å². The number of hydrogen-bond acceptors (Lipinski definition) is 1. The second-order valence-electron chi connectivity index (χ2n) is 7.23. The van der Waals surface area contributed by atoms with Crippen molar-refractivity contribution in [3.05, 3.63) is 82.7 Å². The van der Waals surface area contributed by atoms with Gasteiger partial charge >= 0.3 is 0 Å². The summed E-state index contributed by atoms with van der Waals surface area (Å²) in [6, 6.07) is 21.2. The fourth-order valence-electron chi connectivity index (χ4n) is 3.32. The van der Waals surface area contributed by atoms with Crippen molar-refractivity contribution >= 4 is 13.3 Å². The Hall–Kier alpha value is -1.86. The highest BCUT2D eigenvalue weighted by Gasteiger charge is 2.38. The molecule has 0 heterocycles. The predicted octanol–water partition coefficient (Wildman–Crippen LogP) is 4.24. The highest BCUT2D eigenvalue weighted by Crippen LogP contribution is 2.40. The van der Waals surface area contributed by atoms with Gasteiger partial charge in [-0.2, -0.15) is 0 Å². The van der Waals surface area contributed by atoms with Gasteiger partial charge in [0.1, 0.15) is 8.07 Å². The molecule has 1 saturated carbocycles. The first kappa shape index (κ1) is 17.0. The van der Waals surface area contributed by atoms with Gasteiger partial charge in [-0.25, -0.2) is 0 Å². The second-order valence-corrected chi connectivity index (χ2v) is 11.6. The molecule has 0 radical (unpaired) electrons. The fourth-order valence-corrected chi connectivity index (χ4v) is 6.46. The Labute approximate surface area is 146 Å². The van der Waals surface area contributed by atoms with E-state index in [9.17, 15) is 5.11 Å². The van der Waals surface area contributed by atoms with Gasteiger partial charge in [0.2, 0.25) is 0 Å². The minimum Gasteiger partial charge on any atom is -0.391 e. The van der Waals surface area contributed by atoms with E-state index in [-0.39, 0.29) is 6.61 Å². The summed E-state index contributed by atoms with van der Waals surface area (Å²) in [5.74, 6) is 0.671. The summed E-state index contributed by atoms with van der Waals surface area (Å²) in [7, 11) is -1.73. The van der Waals surface area contributed by atoms with E-state index in [0.29, 0.717) is 5.92 Å². The molecule has 0 aliphatic heterocycles. The van der Waals surface area contributed by atoms with E-state index in [2.05, 4.69) is 73.4 Å². The highest BCUT2D eigenvalue weighted by molar-refractivity contribution is 6.95. The molecular formula is C22H26OSi. The zero-order valence-electron chi connectivity index (χ0n) is 14.6. The molecule has 3 rings (SSSR count). The van der Waals surface area contributed by atoms with Crippen molar-refractivity contribution in [2.24, 2.45) is 5.92 Å². The van der Waals surface area contributed by atoms with E-state index in [1.54, 1.807) is 0 Å². The molecule has 0 saturated heterocycles. The lowest BCUT2D eigenvalue weighted by Crippen LogP contribution is -2.44. The fraction of sp³-hybridized carbons (Fsp3) is 0.318. The van der Waals surface area contributed by atoms with Gasteiger partial charge in [0.15, 0.2) is 0 Å². The molecule has 1 fully saturated rings. The molecule has 1 aliphatic rings. The quantitative estimate of drug-likeness (QED) is 0.619. The minimum absolute atomic E-state index is 0.0877. The predicted molar refractivity (Wildman–Crippen MR) is 104 cm³/mol. The van der Waals surface area contributed by atoms with Crippen LogP contribution < -0.4 is 5.19 Å². The lowest BCUT2D eigenvalue weighted by Gasteiger charge is -2.25. The lowest BCUT2D eigenvalue weighted by atomic mass is 10.1.